The monoisotopic (exact) mass is 368 g/mol. The number of ether oxygens (including phenoxy) is 1. The van der Waals surface area contributed by atoms with Crippen molar-refractivity contribution in [3.05, 3.63) is 65.5 Å². The minimum atomic E-state index is -0.409. The molecule has 1 aliphatic rings. The Hall–Kier alpha value is -2.16. The van der Waals surface area contributed by atoms with Crippen molar-refractivity contribution in [2.24, 2.45) is 5.92 Å². The molecule has 0 unspecified atom stereocenters. The maximum absolute atomic E-state index is 12.9. The van der Waals surface area contributed by atoms with Gasteiger partial charge < -0.3 is 4.74 Å². The summed E-state index contributed by atoms with van der Waals surface area (Å²) in [5, 5.41) is 0. The Kier molecular flexibility index (Phi) is 7.03. The number of carbonyl (C=O) groups is 1. The second kappa shape index (κ2) is 9.68. The molecule has 3 heteroatoms. The van der Waals surface area contributed by atoms with Crippen LogP contribution in [0.15, 0.2) is 48.5 Å². The van der Waals surface area contributed by atoms with Crippen LogP contribution in [0, 0.1) is 11.7 Å². The summed E-state index contributed by atoms with van der Waals surface area (Å²) in [6.07, 6.45) is 10.5. The molecular weight excluding hydrogens is 339 g/mol. The number of carbonyl (C=O) groups excluding carboxylic acids is 1. The van der Waals surface area contributed by atoms with Crippen molar-refractivity contribution in [1.82, 2.24) is 0 Å². The van der Waals surface area contributed by atoms with Crippen molar-refractivity contribution in [1.29, 1.82) is 0 Å². The number of hydrogen-bond donors (Lipinski definition) is 0. The normalized spacial score (nSPS) is 19.6. The zero-order valence-electron chi connectivity index (χ0n) is 16.1. The molecule has 3 rings (SSSR count). The highest BCUT2D eigenvalue weighted by atomic mass is 19.1. The standard InChI is InChI=1S/C24H29FO2/c1-2-3-4-5-18-6-8-19(9-7-18)20-10-12-21(13-11-20)24(26)27-23-16-14-22(25)15-17-23/h10-19H,2-9H2,1H3. The second-order valence-electron chi connectivity index (χ2n) is 7.68. The SMILES string of the molecule is CCCCCC1CCC(c2ccc(C(=O)Oc3ccc(F)cc3)cc2)CC1. The number of halogens is 1. The highest BCUT2D eigenvalue weighted by Gasteiger charge is 2.22. The number of unbranched alkanes of at least 4 members (excludes halogenated alkanes) is 2. The fourth-order valence-corrected chi connectivity index (χ4v) is 4.03. The lowest BCUT2D eigenvalue weighted by molar-refractivity contribution is 0.0734. The molecule has 0 spiro atoms. The first-order chi connectivity index (χ1) is 13.2. The zero-order valence-corrected chi connectivity index (χ0v) is 16.1. The van der Waals surface area contributed by atoms with E-state index >= 15 is 0 Å². The van der Waals surface area contributed by atoms with Crippen LogP contribution in [0.2, 0.25) is 0 Å². The minimum absolute atomic E-state index is 0.348. The number of benzene rings is 2. The van der Waals surface area contributed by atoms with E-state index in [1.807, 2.05) is 12.1 Å². The average Bonchev–Trinajstić information content (AvgIpc) is 2.70. The molecule has 0 atom stereocenters. The van der Waals surface area contributed by atoms with Gasteiger partial charge in [-0.25, -0.2) is 9.18 Å². The van der Waals surface area contributed by atoms with Crippen molar-refractivity contribution in [2.75, 3.05) is 0 Å². The van der Waals surface area contributed by atoms with Gasteiger partial charge in [0.2, 0.25) is 0 Å². The van der Waals surface area contributed by atoms with Gasteiger partial charge in [-0.15, -0.1) is 0 Å². The van der Waals surface area contributed by atoms with Crippen LogP contribution >= 0.6 is 0 Å². The molecule has 0 aromatic heterocycles. The Morgan fingerprint density at radius 2 is 1.63 bits per heavy atom. The van der Waals surface area contributed by atoms with Crippen LogP contribution in [0.1, 0.15) is 80.1 Å². The van der Waals surface area contributed by atoms with Gasteiger partial charge in [0.15, 0.2) is 0 Å². The van der Waals surface area contributed by atoms with Crippen LogP contribution in [0.3, 0.4) is 0 Å². The van der Waals surface area contributed by atoms with Gasteiger partial charge >= 0.3 is 5.97 Å². The smallest absolute Gasteiger partial charge is 0.343 e. The highest BCUT2D eigenvalue weighted by molar-refractivity contribution is 5.91. The second-order valence-corrected chi connectivity index (χ2v) is 7.68. The predicted octanol–water partition coefficient (Wildman–Crippen LogP) is 6.90. The van der Waals surface area contributed by atoms with Crippen molar-refractivity contribution < 1.29 is 13.9 Å². The summed E-state index contributed by atoms with van der Waals surface area (Å²) in [6.45, 7) is 2.26. The van der Waals surface area contributed by atoms with Gasteiger partial charge in [-0.1, -0.05) is 44.7 Å². The highest BCUT2D eigenvalue weighted by Crippen LogP contribution is 2.37. The lowest BCUT2D eigenvalue weighted by Gasteiger charge is -2.29. The van der Waals surface area contributed by atoms with Crippen molar-refractivity contribution in [2.45, 2.75) is 64.2 Å². The van der Waals surface area contributed by atoms with E-state index in [2.05, 4.69) is 19.1 Å². The van der Waals surface area contributed by atoms with E-state index in [9.17, 15) is 9.18 Å². The molecule has 0 heterocycles. The van der Waals surface area contributed by atoms with Gasteiger partial charge in [-0.2, -0.15) is 0 Å². The third-order valence-electron chi connectivity index (χ3n) is 5.70. The van der Waals surface area contributed by atoms with Crippen molar-refractivity contribution in [3.8, 4) is 5.75 Å². The third-order valence-corrected chi connectivity index (χ3v) is 5.70. The van der Waals surface area contributed by atoms with E-state index in [4.69, 9.17) is 4.74 Å². The fourth-order valence-electron chi connectivity index (χ4n) is 4.03. The van der Waals surface area contributed by atoms with Gasteiger partial charge in [0.1, 0.15) is 11.6 Å². The van der Waals surface area contributed by atoms with Crippen LogP contribution < -0.4 is 4.74 Å². The molecule has 1 fully saturated rings. The molecule has 27 heavy (non-hydrogen) atoms. The summed E-state index contributed by atoms with van der Waals surface area (Å²) in [5.74, 6) is 1.10. The number of rotatable bonds is 7. The molecule has 0 bridgehead atoms. The van der Waals surface area contributed by atoms with E-state index in [-0.39, 0.29) is 5.82 Å². The van der Waals surface area contributed by atoms with Gasteiger partial charge in [-0.05, 0) is 79.5 Å². The van der Waals surface area contributed by atoms with E-state index in [0.717, 1.165) is 5.92 Å². The summed E-state index contributed by atoms with van der Waals surface area (Å²) in [5.41, 5.74) is 1.84. The van der Waals surface area contributed by atoms with Gasteiger partial charge in [0.25, 0.3) is 0 Å². The Bertz CT molecular complexity index is 713. The molecule has 2 nitrogen and oxygen atoms in total. The molecule has 1 saturated carbocycles. The quantitative estimate of drug-likeness (QED) is 0.302. The van der Waals surface area contributed by atoms with Crippen molar-refractivity contribution >= 4 is 5.97 Å². The van der Waals surface area contributed by atoms with Gasteiger partial charge in [-0.3, -0.25) is 0 Å². The van der Waals surface area contributed by atoms with E-state index in [1.165, 1.54) is 81.2 Å². The van der Waals surface area contributed by atoms with Crippen LogP contribution in [0.5, 0.6) is 5.75 Å². The molecule has 2 aromatic rings. The topological polar surface area (TPSA) is 26.3 Å². The maximum Gasteiger partial charge on any atom is 0.343 e. The lowest BCUT2D eigenvalue weighted by Crippen LogP contribution is -2.14. The van der Waals surface area contributed by atoms with E-state index < -0.39 is 5.97 Å². The van der Waals surface area contributed by atoms with Gasteiger partial charge in [0, 0.05) is 0 Å². The molecule has 1 aliphatic carbocycles. The lowest BCUT2D eigenvalue weighted by atomic mass is 9.77. The largest absolute Gasteiger partial charge is 0.423 e. The Morgan fingerprint density at radius 3 is 2.26 bits per heavy atom. The van der Waals surface area contributed by atoms with Crippen LogP contribution in [0.25, 0.3) is 0 Å². The van der Waals surface area contributed by atoms with Crippen molar-refractivity contribution in [3.63, 3.8) is 0 Å². The maximum atomic E-state index is 12.9. The number of hydrogen-bond acceptors (Lipinski definition) is 2. The first-order valence-corrected chi connectivity index (χ1v) is 10.2. The summed E-state index contributed by atoms with van der Waals surface area (Å²) < 4.78 is 18.2. The fraction of sp³-hybridized carbons (Fsp3) is 0.458. The zero-order chi connectivity index (χ0) is 19.1. The summed E-state index contributed by atoms with van der Waals surface area (Å²) in [6, 6.07) is 13.3. The molecule has 144 valence electrons. The van der Waals surface area contributed by atoms with Crippen LogP contribution in [0.4, 0.5) is 4.39 Å². The molecule has 0 aliphatic heterocycles. The first-order valence-electron chi connectivity index (χ1n) is 10.2. The predicted molar refractivity (Wildman–Crippen MR) is 107 cm³/mol. The van der Waals surface area contributed by atoms with E-state index in [1.54, 1.807) is 0 Å². The average molecular weight is 368 g/mol. The third kappa shape index (κ3) is 5.66. The Labute approximate surface area is 161 Å². The number of esters is 1. The van der Waals surface area contributed by atoms with Crippen LogP contribution in [-0.4, -0.2) is 5.97 Å². The van der Waals surface area contributed by atoms with E-state index in [0.29, 0.717) is 17.2 Å². The Morgan fingerprint density at radius 1 is 0.963 bits per heavy atom. The minimum Gasteiger partial charge on any atom is -0.423 e. The molecular formula is C24H29FO2. The molecule has 0 radical (unpaired) electrons. The van der Waals surface area contributed by atoms with Gasteiger partial charge in [0.05, 0.1) is 5.56 Å². The summed E-state index contributed by atoms with van der Waals surface area (Å²) in [4.78, 5) is 12.2. The van der Waals surface area contributed by atoms with Crippen LogP contribution in [-0.2, 0) is 0 Å². The molecule has 2 aromatic carbocycles. The summed E-state index contributed by atoms with van der Waals surface area (Å²) in [7, 11) is 0. The first kappa shape index (κ1) is 19.6. The molecule has 0 saturated heterocycles. The molecule has 0 amide bonds. The Balaban J connectivity index is 1.51. The summed E-state index contributed by atoms with van der Waals surface area (Å²) >= 11 is 0. The molecule has 0 N–H and O–H groups in total.